The first kappa shape index (κ1) is 12.1. The van der Waals surface area contributed by atoms with Gasteiger partial charge in [0, 0.05) is 11.4 Å². The highest BCUT2D eigenvalue weighted by Gasteiger charge is 2.00. The quantitative estimate of drug-likeness (QED) is 0.892. The van der Waals surface area contributed by atoms with Gasteiger partial charge in [0.1, 0.15) is 5.82 Å². The molecule has 0 saturated heterocycles. The van der Waals surface area contributed by atoms with Crippen molar-refractivity contribution in [1.29, 1.82) is 5.26 Å². The maximum absolute atomic E-state index is 8.89. The fraction of sp³-hybridized carbons (Fsp3) is 0.214. The lowest BCUT2D eigenvalue weighted by molar-refractivity contribution is 0.998. The molecular weight excluding hydrogens is 224 g/mol. The molecular formula is C14H14N4. The summed E-state index contributed by atoms with van der Waals surface area (Å²) in [6.45, 7) is 4.43. The van der Waals surface area contributed by atoms with E-state index in [0.717, 1.165) is 17.1 Å². The molecule has 2 aromatic heterocycles. The third kappa shape index (κ3) is 3.05. The van der Waals surface area contributed by atoms with Crippen molar-refractivity contribution >= 4 is 5.82 Å². The third-order valence-corrected chi connectivity index (χ3v) is 2.48. The van der Waals surface area contributed by atoms with Gasteiger partial charge in [-0.3, -0.25) is 4.98 Å². The summed E-state index contributed by atoms with van der Waals surface area (Å²) in [4.78, 5) is 8.73. The van der Waals surface area contributed by atoms with Crippen LogP contribution in [0, 0.1) is 25.2 Å². The normalized spacial score (nSPS) is 9.83. The molecule has 2 heterocycles. The van der Waals surface area contributed by atoms with Crippen LogP contribution in [-0.2, 0) is 6.54 Å². The van der Waals surface area contributed by atoms with Crippen LogP contribution in [0.4, 0.5) is 5.82 Å². The molecule has 0 spiro atoms. The van der Waals surface area contributed by atoms with Gasteiger partial charge in [0.15, 0.2) is 0 Å². The maximum atomic E-state index is 8.89. The van der Waals surface area contributed by atoms with E-state index in [1.807, 2.05) is 32.0 Å². The molecule has 0 aromatic carbocycles. The van der Waals surface area contributed by atoms with E-state index < -0.39 is 0 Å². The Morgan fingerprint density at radius 2 is 2.00 bits per heavy atom. The highest BCUT2D eigenvalue weighted by molar-refractivity contribution is 5.44. The van der Waals surface area contributed by atoms with E-state index in [1.165, 1.54) is 0 Å². The Hall–Kier alpha value is -2.41. The smallest absolute Gasteiger partial charge is 0.127 e. The van der Waals surface area contributed by atoms with Crippen LogP contribution in [0.5, 0.6) is 0 Å². The topological polar surface area (TPSA) is 61.6 Å². The minimum absolute atomic E-state index is 0.600. The Bertz CT molecular complexity index is 599. The zero-order chi connectivity index (χ0) is 13.0. The molecule has 90 valence electrons. The molecule has 4 heteroatoms. The van der Waals surface area contributed by atoms with Crippen molar-refractivity contribution in [3.63, 3.8) is 0 Å². The van der Waals surface area contributed by atoms with Gasteiger partial charge in [-0.1, -0.05) is 6.07 Å². The Morgan fingerprint density at radius 3 is 2.72 bits per heavy atom. The van der Waals surface area contributed by atoms with E-state index in [9.17, 15) is 0 Å². The van der Waals surface area contributed by atoms with E-state index >= 15 is 0 Å². The molecule has 1 N–H and O–H groups in total. The Kier molecular flexibility index (Phi) is 3.54. The molecule has 0 fully saturated rings. The van der Waals surface area contributed by atoms with Gasteiger partial charge in [-0.25, -0.2) is 4.98 Å². The summed E-state index contributed by atoms with van der Waals surface area (Å²) < 4.78 is 0. The lowest BCUT2D eigenvalue weighted by Crippen LogP contribution is -2.04. The average Bonchev–Trinajstić information content (AvgIpc) is 2.36. The van der Waals surface area contributed by atoms with Crippen LogP contribution in [0.3, 0.4) is 0 Å². The summed E-state index contributed by atoms with van der Waals surface area (Å²) in [5.74, 6) is 0.704. The number of pyridine rings is 2. The number of nitrogens with zero attached hydrogens (tertiary/aromatic N) is 3. The van der Waals surface area contributed by atoms with E-state index in [1.54, 1.807) is 12.1 Å². The van der Waals surface area contributed by atoms with Crippen LogP contribution in [0.1, 0.15) is 22.6 Å². The van der Waals surface area contributed by atoms with Crippen LogP contribution >= 0.6 is 0 Å². The number of nitriles is 1. The van der Waals surface area contributed by atoms with E-state index in [2.05, 4.69) is 21.4 Å². The minimum Gasteiger partial charge on any atom is -0.364 e. The summed E-state index contributed by atoms with van der Waals surface area (Å²) in [6, 6.07) is 11.5. The molecule has 2 rings (SSSR count). The minimum atomic E-state index is 0.600. The number of aromatic nitrogens is 2. The second-order valence-electron chi connectivity index (χ2n) is 4.12. The van der Waals surface area contributed by atoms with Crippen molar-refractivity contribution in [3.8, 4) is 6.07 Å². The summed E-state index contributed by atoms with van der Waals surface area (Å²) >= 11 is 0. The van der Waals surface area contributed by atoms with E-state index in [0.29, 0.717) is 17.9 Å². The Morgan fingerprint density at radius 1 is 1.17 bits per heavy atom. The first-order valence-corrected chi connectivity index (χ1v) is 5.72. The fourth-order valence-corrected chi connectivity index (χ4v) is 1.70. The van der Waals surface area contributed by atoms with Gasteiger partial charge in [0.05, 0.1) is 23.9 Å². The molecule has 2 aromatic rings. The maximum Gasteiger partial charge on any atom is 0.127 e. The predicted molar refractivity (Wildman–Crippen MR) is 70.0 cm³/mol. The average molecular weight is 238 g/mol. The molecule has 18 heavy (non-hydrogen) atoms. The van der Waals surface area contributed by atoms with Crippen LogP contribution < -0.4 is 5.32 Å². The Balaban J connectivity index is 2.11. The van der Waals surface area contributed by atoms with Gasteiger partial charge in [-0.15, -0.1) is 0 Å². The van der Waals surface area contributed by atoms with Crippen molar-refractivity contribution in [2.75, 3.05) is 5.32 Å². The molecule has 0 radical (unpaired) electrons. The van der Waals surface area contributed by atoms with Crippen LogP contribution in [0.2, 0.25) is 0 Å². The van der Waals surface area contributed by atoms with Gasteiger partial charge in [0.25, 0.3) is 0 Å². The highest BCUT2D eigenvalue weighted by atomic mass is 15.0. The molecule has 0 unspecified atom stereocenters. The van der Waals surface area contributed by atoms with Crippen molar-refractivity contribution in [2.24, 2.45) is 0 Å². The zero-order valence-corrected chi connectivity index (χ0v) is 10.4. The number of hydrogen-bond acceptors (Lipinski definition) is 4. The predicted octanol–water partition coefficient (Wildman–Crippen LogP) is 2.58. The number of nitrogens with one attached hydrogen (secondary N) is 1. The first-order valence-electron chi connectivity index (χ1n) is 5.72. The molecule has 0 aliphatic carbocycles. The zero-order valence-electron chi connectivity index (χ0n) is 10.4. The molecule has 0 aliphatic heterocycles. The summed E-state index contributed by atoms with van der Waals surface area (Å²) in [7, 11) is 0. The largest absolute Gasteiger partial charge is 0.364 e. The first-order chi connectivity index (χ1) is 8.67. The third-order valence-electron chi connectivity index (χ3n) is 2.48. The summed E-state index contributed by atoms with van der Waals surface area (Å²) in [5, 5.41) is 12.1. The van der Waals surface area contributed by atoms with Gasteiger partial charge < -0.3 is 5.32 Å². The lowest BCUT2D eigenvalue weighted by Gasteiger charge is -2.07. The molecule has 0 aliphatic rings. The SMILES string of the molecule is Cc1cccc(CNc2cc(C#N)cc(C)n2)n1. The molecule has 0 bridgehead atoms. The Labute approximate surface area is 106 Å². The number of anilines is 1. The molecule has 0 saturated carbocycles. The van der Waals surface area contributed by atoms with Crippen molar-refractivity contribution in [1.82, 2.24) is 9.97 Å². The van der Waals surface area contributed by atoms with Crippen molar-refractivity contribution in [3.05, 3.63) is 53.0 Å². The van der Waals surface area contributed by atoms with E-state index in [4.69, 9.17) is 5.26 Å². The number of aryl methyl sites for hydroxylation is 2. The van der Waals surface area contributed by atoms with Gasteiger partial charge in [-0.05, 0) is 38.1 Å². The highest BCUT2D eigenvalue weighted by Crippen LogP contribution is 2.10. The van der Waals surface area contributed by atoms with Gasteiger partial charge in [0.2, 0.25) is 0 Å². The van der Waals surface area contributed by atoms with E-state index in [-0.39, 0.29) is 0 Å². The summed E-state index contributed by atoms with van der Waals surface area (Å²) in [6.07, 6.45) is 0. The van der Waals surface area contributed by atoms with Crippen molar-refractivity contribution in [2.45, 2.75) is 20.4 Å². The number of hydrogen-bond donors (Lipinski definition) is 1. The van der Waals surface area contributed by atoms with Crippen LogP contribution in [-0.4, -0.2) is 9.97 Å². The van der Waals surface area contributed by atoms with Gasteiger partial charge >= 0.3 is 0 Å². The second kappa shape index (κ2) is 5.28. The van der Waals surface area contributed by atoms with Crippen molar-refractivity contribution < 1.29 is 0 Å². The standard InChI is InChI=1S/C14H14N4/c1-10-4-3-5-13(17-10)9-16-14-7-12(8-15)6-11(2)18-14/h3-7H,9H2,1-2H3,(H,16,18). The van der Waals surface area contributed by atoms with Crippen LogP contribution in [0.15, 0.2) is 30.3 Å². The lowest BCUT2D eigenvalue weighted by atomic mass is 10.2. The molecule has 0 atom stereocenters. The fourth-order valence-electron chi connectivity index (χ4n) is 1.70. The number of rotatable bonds is 3. The van der Waals surface area contributed by atoms with Crippen LogP contribution in [0.25, 0.3) is 0 Å². The van der Waals surface area contributed by atoms with Gasteiger partial charge in [-0.2, -0.15) is 5.26 Å². The molecule has 0 amide bonds. The monoisotopic (exact) mass is 238 g/mol. The molecule has 4 nitrogen and oxygen atoms in total. The summed E-state index contributed by atoms with van der Waals surface area (Å²) in [5.41, 5.74) is 3.39. The second-order valence-corrected chi connectivity index (χ2v) is 4.12.